The molecule has 1 aromatic rings. The molecule has 0 bridgehead atoms. The monoisotopic (exact) mass is 339 g/mol. The quantitative estimate of drug-likeness (QED) is 0.366. The summed E-state index contributed by atoms with van der Waals surface area (Å²) in [6, 6.07) is 6.98. The summed E-state index contributed by atoms with van der Waals surface area (Å²) in [5, 5.41) is 11.8. The Labute approximate surface area is 125 Å². The van der Waals surface area contributed by atoms with E-state index in [0.717, 1.165) is 16.2 Å². The van der Waals surface area contributed by atoms with Gasteiger partial charge in [0, 0.05) is 0 Å². The molecule has 106 valence electrons. The Balaban J connectivity index is 1.96. The molecule has 20 heavy (non-hydrogen) atoms. The first-order chi connectivity index (χ1) is 9.61. The van der Waals surface area contributed by atoms with Crippen molar-refractivity contribution in [1.82, 2.24) is 0 Å². The summed E-state index contributed by atoms with van der Waals surface area (Å²) in [6.45, 7) is 3.89. The Hall–Kier alpha value is -1.34. The molecule has 0 amide bonds. The van der Waals surface area contributed by atoms with E-state index < -0.39 is 0 Å². The van der Waals surface area contributed by atoms with Crippen LogP contribution in [-0.4, -0.2) is 32.1 Å². The molecule has 3 unspecified atom stereocenters. The van der Waals surface area contributed by atoms with Gasteiger partial charge in [-0.25, -0.2) is 0 Å². The molecule has 1 heterocycles. The summed E-state index contributed by atoms with van der Waals surface area (Å²) < 4.78 is 6.73. The van der Waals surface area contributed by atoms with Crippen LogP contribution < -0.4 is 4.46 Å². The number of nitro groups is 1. The second kappa shape index (κ2) is 6.90. The fourth-order valence-electron chi connectivity index (χ4n) is 2.31. The van der Waals surface area contributed by atoms with Gasteiger partial charge >= 0.3 is 125 Å². The Bertz CT molecular complexity index is 550. The number of hydrogen-bond donors (Lipinski definition) is 0. The summed E-state index contributed by atoms with van der Waals surface area (Å²) in [5.41, 5.74) is 0.225. The third-order valence-electron chi connectivity index (χ3n) is 3.31. The normalized spacial score (nSPS) is 25.0. The van der Waals surface area contributed by atoms with Crippen molar-refractivity contribution in [1.29, 1.82) is 0 Å². The van der Waals surface area contributed by atoms with Gasteiger partial charge in [0.15, 0.2) is 0 Å². The molecule has 2 rings (SSSR count). The van der Waals surface area contributed by atoms with Crippen LogP contribution >= 0.6 is 0 Å². The van der Waals surface area contributed by atoms with Crippen molar-refractivity contribution in [2.75, 3.05) is 0 Å². The van der Waals surface area contributed by atoms with Crippen LogP contribution in [0.2, 0.25) is 5.32 Å². The van der Waals surface area contributed by atoms with Gasteiger partial charge in [0.1, 0.15) is 0 Å². The Morgan fingerprint density at radius 2 is 2.25 bits per heavy atom. The maximum absolute atomic E-state index is 11.0. The molecule has 4 nitrogen and oxygen atoms in total. The van der Waals surface area contributed by atoms with Gasteiger partial charge < -0.3 is 0 Å². The molecule has 0 radical (unpaired) electrons. The number of benzene rings is 1. The Kier molecular flexibility index (Phi) is 5.19. The Morgan fingerprint density at radius 3 is 2.95 bits per heavy atom. The van der Waals surface area contributed by atoms with E-state index in [1.54, 1.807) is 12.1 Å². The molecule has 0 saturated carbocycles. The van der Waals surface area contributed by atoms with E-state index in [4.69, 9.17) is 4.74 Å². The van der Waals surface area contributed by atoms with Crippen molar-refractivity contribution >= 4 is 25.1 Å². The second-order valence-corrected chi connectivity index (χ2v) is 6.96. The minimum absolute atomic E-state index is 0.0581. The maximum atomic E-state index is 11.0. The van der Waals surface area contributed by atoms with Crippen LogP contribution in [0, 0.1) is 27.9 Å². The van der Waals surface area contributed by atoms with Crippen molar-refractivity contribution in [2.45, 2.75) is 37.8 Å². The SMILES string of the molecule is CC#CC1CC(C[Se]c2ccccc2[N+](=O)[O-])OC1C. The summed E-state index contributed by atoms with van der Waals surface area (Å²) in [5.74, 6) is 6.42. The first-order valence-electron chi connectivity index (χ1n) is 6.55. The third-order valence-corrected chi connectivity index (χ3v) is 5.81. The van der Waals surface area contributed by atoms with Crippen LogP contribution in [0.3, 0.4) is 0 Å². The predicted octanol–water partition coefficient (Wildman–Crippen LogP) is 2.16. The summed E-state index contributed by atoms with van der Waals surface area (Å²) in [4.78, 5) is 10.7. The van der Waals surface area contributed by atoms with E-state index in [1.807, 2.05) is 26.0 Å². The summed E-state index contributed by atoms with van der Waals surface area (Å²) in [7, 11) is 0. The van der Waals surface area contributed by atoms with Crippen LogP contribution in [0.4, 0.5) is 5.69 Å². The van der Waals surface area contributed by atoms with Gasteiger partial charge in [-0.3, -0.25) is 0 Å². The number of ether oxygens (including phenoxy) is 1. The van der Waals surface area contributed by atoms with E-state index in [2.05, 4.69) is 11.8 Å². The molecule has 1 aromatic carbocycles. The van der Waals surface area contributed by atoms with E-state index in [-0.39, 0.29) is 37.8 Å². The van der Waals surface area contributed by atoms with Crippen molar-refractivity contribution < 1.29 is 9.66 Å². The van der Waals surface area contributed by atoms with Gasteiger partial charge in [0.25, 0.3) is 0 Å². The fourth-order valence-corrected chi connectivity index (χ4v) is 4.50. The molecular formula is C15H17NO3Se. The topological polar surface area (TPSA) is 52.4 Å². The van der Waals surface area contributed by atoms with Gasteiger partial charge in [0.2, 0.25) is 0 Å². The fraction of sp³-hybridized carbons (Fsp3) is 0.467. The van der Waals surface area contributed by atoms with E-state index in [9.17, 15) is 10.1 Å². The van der Waals surface area contributed by atoms with Crippen LogP contribution in [-0.2, 0) is 4.74 Å². The van der Waals surface area contributed by atoms with Crippen LogP contribution in [0.15, 0.2) is 24.3 Å². The predicted molar refractivity (Wildman–Crippen MR) is 79.2 cm³/mol. The molecule has 1 aliphatic rings. The van der Waals surface area contributed by atoms with Crippen LogP contribution in [0.1, 0.15) is 20.3 Å². The zero-order chi connectivity index (χ0) is 14.5. The van der Waals surface area contributed by atoms with Crippen molar-refractivity contribution in [3.63, 3.8) is 0 Å². The van der Waals surface area contributed by atoms with Gasteiger partial charge in [-0.2, -0.15) is 0 Å². The summed E-state index contributed by atoms with van der Waals surface area (Å²) >= 11 is 0.0581. The first kappa shape index (κ1) is 15.1. The molecule has 1 saturated heterocycles. The van der Waals surface area contributed by atoms with E-state index in [1.165, 1.54) is 0 Å². The van der Waals surface area contributed by atoms with Gasteiger partial charge in [0.05, 0.1) is 0 Å². The number of nitrogens with zero attached hydrogens (tertiary/aromatic N) is 1. The molecule has 0 aromatic heterocycles. The second-order valence-electron chi connectivity index (χ2n) is 4.74. The number of para-hydroxylation sites is 1. The molecule has 1 fully saturated rings. The van der Waals surface area contributed by atoms with Gasteiger partial charge in [-0.15, -0.1) is 0 Å². The van der Waals surface area contributed by atoms with Crippen molar-refractivity contribution in [3.8, 4) is 11.8 Å². The van der Waals surface area contributed by atoms with Crippen LogP contribution in [0.5, 0.6) is 0 Å². The van der Waals surface area contributed by atoms with Gasteiger partial charge in [-0.05, 0) is 0 Å². The van der Waals surface area contributed by atoms with Gasteiger partial charge in [-0.1, -0.05) is 0 Å². The average molecular weight is 338 g/mol. The number of rotatable bonds is 4. The summed E-state index contributed by atoms with van der Waals surface area (Å²) in [6.07, 6.45) is 1.27. The minimum atomic E-state index is -0.305. The van der Waals surface area contributed by atoms with Crippen molar-refractivity contribution in [2.24, 2.45) is 5.92 Å². The molecule has 0 spiro atoms. The van der Waals surface area contributed by atoms with E-state index >= 15 is 0 Å². The third kappa shape index (κ3) is 3.61. The molecule has 5 heteroatoms. The number of nitro benzene ring substituents is 1. The zero-order valence-electron chi connectivity index (χ0n) is 11.5. The van der Waals surface area contributed by atoms with Crippen LogP contribution in [0.25, 0.3) is 0 Å². The average Bonchev–Trinajstić information content (AvgIpc) is 2.78. The zero-order valence-corrected chi connectivity index (χ0v) is 13.2. The number of hydrogen-bond acceptors (Lipinski definition) is 3. The standard InChI is InChI=1S/C15H17NO3Se/c1-3-6-12-9-13(19-11(12)2)10-20-15-8-5-4-7-14(15)16(17)18/h4-5,7-8,11-13H,9-10H2,1-2H3. The van der Waals surface area contributed by atoms with Crippen molar-refractivity contribution in [3.05, 3.63) is 34.4 Å². The van der Waals surface area contributed by atoms with E-state index in [0.29, 0.717) is 5.92 Å². The molecule has 0 aliphatic carbocycles. The molecule has 1 aliphatic heterocycles. The Morgan fingerprint density at radius 1 is 1.50 bits per heavy atom. The molecule has 0 N–H and O–H groups in total. The molecule has 3 atom stereocenters. The first-order valence-corrected chi connectivity index (χ1v) is 8.62. The molecular weight excluding hydrogens is 321 g/mol.